The molecule has 0 saturated carbocycles. The molecule has 1 rings (SSSR count). The molecule has 2 atom stereocenters. The maximum atomic E-state index is 9.54. The lowest BCUT2D eigenvalue weighted by atomic mass is 10.0. The molecule has 0 saturated heterocycles. The van der Waals surface area contributed by atoms with Gasteiger partial charge in [0.05, 0.1) is 19.3 Å². The Hall–Kier alpha value is -0.770. The minimum atomic E-state index is -0.808. The van der Waals surface area contributed by atoms with E-state index >= 15 is 0 Å². The van der Waals surface area contributed by atoms with E-state index in [9.17, 15) is 10.2 Å². The van der Waals surface area contributed by atoms with Crippen LogP contribution in [-0.2, 0) is 6.42 Å². The van der Waals surface area contributed by atoms with E-state index in [-0.39, 0.29) is 0 Å². The van der Waals surface area contributed by atoms with Gasteiger partial charge in [0.1, 0.15) is 5.75 Å². The van der Waals surface area contributed by atoms with Gasteiger partial charge in [-0.05, 0) is 30.7 Å². The predicted molar refractivity (Wildman–Crippen MR) is 59.4 cm³/mol. The molecule has 0 fully saturated rings. The van der Waals surface area contributed by atoms with Gasteiger partial charge in [-0.15, -0.1) is 0 Å². The van der Waals surface area contributed by atoms with Crippen molar-refractivity contribution in [2.24, 2.45) is 0 Å². The molecule has 0 bridgehead atoms. The van der Waals surface area contributed by atoms with E-state index in [1.807, 2.05) is 0 Å². The highest BCUT2D eigenvalue weighted by molar-refractivity contribution is 6.30. The van der Waals surface area contributed by atoms with E-state index in [1.165, 1.54) is 0 Å². The Kier molecular flexibility index (Phi) is 4.39. The van der Waals surface area contributed by atoms with Gasteiger partial charge in [-0.25, -0.2) is 0 Å². The molecule has 0 aliphatic carbocycles. The SMILES string of the molecule is COc1ccc(Cl)cc1CC(O)C(C)O. The summed E-state index contributed by atoms with van der Waals surface area (Å²) in [4.78, 5) is 0. The van der Waals surface area contributed by atoms with Gasteiger partial charge in [0.2, 0.25) is 0 Å². The highest BCUT2D eigenvalue weighted by Gasteiger charge is 2.14. The van der Waals surface area contributed by atoms with Crippen LogP contribution in [0.15, 0.2) is 18.2 Å². The van der Waals surface area contributed by atoms with Crippen molar-refractivity contribution in [3.8, 4) is 5.75 Å². The quantitative estimate of drug-likeness (QED) is 0.827. The molecule has 15 heavy (non-hydrogen) atoms. The second-order valence-electron chi connectivity index (χ2n) is 3.47. The van der Waals surface area contributed by atoms with E-state index in [1.54, 1.807) is 32.2 Å². The summed E-state index contributed by atoms with van der Waals surface area (Å²) in [6.45, 7) is 1.54. The van der Waals surface area contributed by atoms with E-state index in [0.717, 1.165) is 5.56 Å². The molecule has 0 aromatic heterocycles. The Bertz CT molecular complexity index is 326. The number of methoxy groups -OCH3 is 1. The molecule has 0 heterocycles. The lowest BCUT2D eigenvalue weighted by Crippen LogP contribution is -2.24. The van der Waals surface area contributed by atoms with Crippen LogP contribution in [0, 0.1) is 0 Å². The van der Waals surface area contributed by atoms with Gasteiger partial charge in [-0.3, -0.25) is 0 Å². The first kappa shape index (κ1) is 12.3. The summed E-state index contributed by atoms with van der Waals surface area (Å²) in [5.74, 6) is 0.666. The molecule has 0 radical (unpaired) electrons. The highest BCUT2D eigenvalue weighted by atomic mass is 35.5. The molecule has 3 nitrogen and oxygen atoms in total. The summed E-state index contributed by atoms with van der Waals surface area (Å²) in [6, 6.07) is 5.19. The van der Waals surface area contributed by atoms with Gasteiger partial charge in [0, 0.05) is 11.4 Å². The summed E-state index contributed by atoms with van der Waals surface area (Å²) >= 11 is 5.84. The number of halogens is 1. The fourth-order valence-electron chi connectivity index (χ4n) is 1.30. The first-order valence-electron chi connectivity index (χ1n) is 4.73. The van der Waals surface area contributed by atoms with E-state index < -0.39 is 12.2 Å². The van der Waals surface area contributed by atoms with Gasteiger partial charge in [0.25, 0.3) is 0 Å². The average molecular weight is 231 g/mol. The van der Waals surface area contributed by atoms with Crippen LogP contribution < -0.4 is 4.74 Å². The molecule has 1 aromatic rings. The van der Waals surface area contributed by atoms with Crippen LogP contribution in [0.4, 0.5) is 0 Å². The fraction of sp³-hybridized carbons (Fsp3) is 0.455. The summed E-state index contributed by atoms with van der Waals surface area (Å²) in [5.41, 5.74) is 0.790. The summed E-state index contributed by atoms with van der Waals surface area (Å²) in [6.07, 6.45) is -1.26. The van der Waals surface area contributed by atoms with Crippen molar-refractivity contribution in [2.45, 2.75) is 25.6 Å². The van der Waals surface area contributed by atoms with Gasteiger partial charge in [-0.1, -0.05) is 11.6 Å². The highest BCUT2D eigenvalue weighted by Crippen LogP contribution is 2.24. The van der Waals surface area contributed by atoms with E-state index in [4.69, 9.17) is 16.3 Å². The Morgan fingerprint density at radius 3 is 2.60 bits per heavy atom. The van der Waals surface area contributed by atoms with Crippen LogP contribution in [0.25, 0.3) is 0 Å². The number of hydrogen-bond donors (Lipinski definition) is 2. The van der Waals surface area contributed by atoms with Crippen molar-refractivity contribution >= 4 is 11.6 Å². The van der Waals surface area contributed by atoms with Gasteiger partial charge < -0.3 is 14.9 Å². The molecule has 0 amide bonds. The summed E-state index contributed by atoms with van der Waals surface area (Å²) in [7, 11) is 1.56. The van der Waals surface area contributed by atoms with Crippen LogP contribution in [0.1, 0.15) is 12.5 Å². The van der Waals surface area contributed by atoms with Crippen molar-refractivity contribution < 1.29 is 14.9 Å². The molecule has 84 valence electrons. The van der Waals surface area contributed by atoms with Crippen LogP contribution in [0.2, 0.25) is 5.02 Å². The van der Waals surface area contributed by atoms with Crippen LogP contribution in [0.3, 0.4) is 0 Å². The molecule has 0 aliphatic rings. The van der Waals surface area contributed by atoms with Crippen molar-refractivity contribution in [2.75, 3.05) is 7.11 Å². The third-order valence-corrected chi connectivity index (χ3v) is 2.46. The first-order valence-corrected chi connectivity index (χ1v) is 5.11. The zero-order valence-electron chi connectivity index (χ0n) is 8.77. The molecule has 0 aliphatic heterocycles. The van der Waals surface area contributed by atoms with Crippen molar-refractivity contribution in [3.05, 3.63) is 28.8 Å². The second-order valence-corrected chi connectivity index (χ2v) is 3.90. The Morgan fingerprint density at radius 2 is 2.07 bits per heavy atom. The minimum Gasteiger partial charge on any atom is -0.496 e. The summed E-state index contributed by atoms with van der Waals surface area (Å²) in [5, 5.41) is 19.3. The maximum Gasteiger partial charge on any atom is 0.122 e. The predicted octanol–water partition coefficient (Wildman–Crippen LogP) is 1.63. The normalized spacial score (nSPS) is 14.7. The van der Waals surface area contributed by atoms with Gasteiger partial charge in [0.15, 0.2) is 0 Å². The molecule has 1 aromatic carbocycles. The molecule has 2 unspecified atom stereocenters. The van der Waals surface area contributed by atoms with Crippen LogP contribution in [-0.4, -0.2) is 29.5 Å². The zero-order chi connectivity index (χ0) is 11.4. The Balaban J connectivity index is 2.87. The molecule has 4 heteroatoms. The maximum absolute atomic E-state index is 9.54. The smallest absolute Gasteiger partial charge is 0.122 e. The first-order chi connectivity index (χ1) is 7.04. The van der Waals surface area contributed by atoms with Gasteiger partial charge >= 0.3 is 0 Å². The molecular formula is C11H15ClO3. The third-order valence-electron chi connectivity index (χ3n) is 2.23. The van der Waals surface area contributed by atoms with Crippen LogP contribution >= 0.6 is 11.6 Å². The molecule has 2 N–H and O–H groups in total. The average Bonchev–Trinajstić information content (AvgIpc) is 2.18. The Labute approximate surface area is 94.3 Å². The van der Waals surface area contributed by atoms with Crippen LogP contribution in [0.5, 0.6) is 5.75 Å². The summed E-state index contributed by atoms with van der Waals surface area (Å²) < 4.78 is 5.13. The lowest BCUT2D eigenvalue weighted by molar-refractivity contribution is 0.0316. The topological polar surface area (TPSA) is 49.7 Å². The number of aliphatic hydroxyl groups is 2. The second kappa shape index (κ2) is 5.35. The number of rotatable bonds is 4. The fourth-order valence-corrected chi connectivity index (χ4v) is 1.50. The molecular weight excluding hydrogens is 216 g/mol. The third kappa shape index (κ3) is 3.38. The van der Waals surface area contributed by atoms with E-state index in [2.05, 4.69) is 0 Å². The number of aliphatic hydroxyl groups excluding tert-OH is 2. The monoisotopic (exact) mass is 230 g/mol. The number of ether oxygens (including phenoxy) is 1. The van der Waals surface area contributed by atoms with Crippen molar-refractivity contribution in [1.82, 2.24) is 0 Å². The van der Waals surface area contributed by atoms with Gasteiger partial charge in [-0.2, -0.15) is 0 Å². The lowest BCUT2D eigenvalue weighted by Gasteiger charge is -2.15. The standard InChI is InChI=1S/C11H15ClO3/c1-7(13)10(14)6-8-5-9(12)3-4-11(8)15-2/h3-5,7,10,13-14H,6H2,1-2H3. The van der Waals surface area contributed by atoms with Crippen molar-refractivity contribution in [1.29, 1.82) is 0 Å². The largest absolute Gasteiger partial charge is 0.496 e. The van der Waals surface area contributed by atoms with E-state index in [0.29, 0.717) is 17.2 Å². The molecule has 0 spiro atoms. The van der Waals surface area contributed by atoms with Crippen molar-refractivity contribution in [3.63, 3.8) is 0 Å². The Morgan fingerprint density at radius 1 is 1.40 bits per heavy atom. The number of benzene rings is 1. The number of hydrogen-bond acceptors (Lipinski definition) is 3. The zero-order valence-corrected chi connectivity index (χ0v) is 9.53. The minimum absolute atomic E-state index is 0.321.